The second-order valence-corrected chi connectivity index (χ2v) is 8.66. The van der Waals surface area contributed by atoms with Gasteiger partial charge in [0, 0.05) is 16.2 Å². The van der Waals surface area contributed by atoms with Crippen molar-refractivity contribution in [1.82, 2.24) is 9.55 Å². The Labute approximate surface area is 197 Å². The van der Waals surface area contributed by atoms with E-state index < -0.39 is 0 Å². The van der Waals surface area contributed by atoms with Crippen LogP contribution in [0, 0.1) is 3.57 Å². The predicted octanol–water partition coefficient (Wildman–Crippen LogP) is 4.52. The number of anilines is 1. The summed E-state index contributed by atoms with van der Waals surface area (Å²) in [7, 11) is 3.34. The average Bonchev–Trinajstić information content (AvgIpc) is 3.05. The van der Waals surface area contributed by atoms with Gasteiger partial charge in [0.25, 0.3) is 11.5 Å². The summed E-state index contributed by atoms with van der Waals surface area (Å²) in [5.41, 5.74) is 3.18. The van der Waals surface area contributed by atoms with Gasteiger partial charge in [-0.2, -0.15) is 0 Å². The van der Waals surface area contributed by atoms with Gasteiger partial charge in [-0.1, -0.05) is 18.2 Å². The van der Waals surface area contributed by atoms with Crippen LogP contribution in [0.15, 0.2) is 71.5 Å². The van der Waals surface area contributed by atoms with E-state index in [-0.39, 0.29) is 11.5 Å². The Morgan fingerprint density at radius 2 is 1.75 bits per heavy atom. The molecule has 32 heavy (non-hydrogen) atoms. The molecule has 0 atom stereocenters. The number of carbonyl (C=O) groups is 1. The number of methoxy groups -OCH3 is 1. The lowest BCUT2D eigenvalue weighted by molar-refractivity contribution is -0.112. The fourth-order valence-electron chi connectivity index (χ4n) is 3.92. The molecule has 1 aromatic heterocycles. The van der Waals surface area contributed by atoms with Crippen LogP contribution in [0.5, 0.6) is 5.75 Å². The Morgan fingerprint density at radius 3 is 2.50 bits per heavy atom. The standard InChI is InChI=1S/C25H18IN3O3/c1-28-22-6-4-3-5-18(22)19(24(28)30)14-23-27-21-12-7-15(26)13-20(21)25(31)29(23)16-8-10-17(32-2)11-9-16/h3-14H,1-2H3/b19-14-. The predicted molar refractivity (Wildman–Crippen MR) is 134 cm³/mol. The fraction of sp³-hybridized carbons (Fsp3) is 0.0800. The first kappa shape index (κ1) is 20.4. The zero-order valence-electron chi connectivity index (χ0n) is 17.4. The number of benzene rings is 3. The summed E-state index contributed by atoms with van der Waals surface area (Å²) in [6, 6.07) is 20.4. The summed E-state index contributed by atoms with van der Waals surface area (Å²) in [6.45, 7) is 0. The highest BCUT2D eigenvalue weighted by Gasteiger charge is 2.29. The average molecular weight is 535 g/mol. The molecule has 6 nitrogen and oxygen atoms in total. The lowest BCUT2D eigenvalue weighted by Crippen LogP contribution is -2.23. The van der Waals surface area contributed by atoms with Crippen molar-refractivity contribution in [2.45, 2.75) is 0 Å². The van der Waals surface area contributed by atoms with Crippen LogP contribution in [-0.2, 0) is 4.79 Å². The van der Waals surface area contributed by atoms with Gasteiger partial charge in [0.1, 0.15) is 11.6 Å². The van der Waals surface area contributed by atoms with E-state index in [1.165, 1.54) is 0 Å². The maximum Gasteiger partial charge on any atom is 0.266 e. The van der Waals surface area contributed by atoms with Crippen LogP contribution in [0.3, 0.4) is 0 Å². The number of aromatic nitrogens is 2. The molecule has 0 saturated heterocycles. The second-order valence-electron chi connectivity index (χ2n) is 7.41. The van der Waals surface area contributed by atoms with Crippen molar-refractivity contribution in [2.75, 3.05) is 19.1 Å². The number of hydrogen-bond donors (Lipinski definition) is 0. The molecule has 0 unspecified atom stereocenters. The van der Waals surface area contributed by atoms with Gasteiger partial charge in [-0.15, -0.1) is 0 Å². The largest absolute Gasteiger partial charge is 0.497 e. The quantitative estimate of drug-likeness (QED) is 0.286. The Balaban J connectivity index is 1.81. The molecule has 7 heteroatoms. The van der Waals surface area contributed by atoms with Crippen LogP contribution in [0.1, 0.15) is 11.4 Å². The van der Waals surface area contributed by atoms with Crippen molar-refractivity contribution >= 4 is 56.7 Å². The number of fused-ring (bicyclic) bond motifs is 2. The number of halogens is 1. The normalized spacial score (nSPS) is 14.3. The molecule has 4 aromatic rings. The smallest absolute Gasteiger partial charge is 0.266 e. The van der Waals surface area contributed by atoms with Crippen molar-refractivity contribution in [3.8, 4) is 11.4 Å². The number of ether oxygens (including phenoxy) is 1. The number of para-hydroxylation sites is 1. The maximum absolute atomic E-state index is 13.6. The second kappa shape index (κ2) is 7.90. The lowest BCUT2D eigenvalue weighted by atomic mass is 10.1. The molecule has 158 valence electrons. The third-order valence-electron chi connectivity index (χ3n) is 5.55. The molecule has 0 radical (unpaired) electrons. The van der Waals surface area contributed by atoms with Crippen LogP contribution in [-0.4, -0.2) is 29.6 Å². The molecular weight excluding hydrogens is 517 g/mol. The first-order chi connectivity index (χ1) is 15.5. The van der Waals surface area contributed by atoms with Gasteiger partial charge in [-0.3, -0.25) is 14.2 Å². The van der Waals surface area contributed by atoms with Gasteiger partial charge in [0.2, 0.25) is 0 Å². The summed E-state index contributed by atoms with van der Waals surface area (Å²) in [6.07, 6.45) is 1.70. The fourth-order valence-corrected chi connectivity index (χ4v) is 4.41. The molecule has 0 saturated carbocycles. The molecule has 3 aromatic carbocycles. The molecule has 0 N–H and O–H groups in total. The highest BCUT2D eigenvalue weighted by atomic mass is 127. The molecule has 0 fully saturated rings. The molecule has 0 bridgehead atoms. The van der Waals surface area contributed by atoms with Crippen molar-refractivity contribution < 1.29 is 9.53 Å². The van der Waals surface area contributed by atoms with Crippen LogP contribution >= 0.6 is 22.6 Å². The zero-order valence-corrected chi connectivity index (χ0v) is 19.5. The van der Waals surface area contributed by atoms with Gasteiger partial charge in [0.15, 0.2) is 0 Å². The zero-order chi connectivity index (χ0) is 22.4. The van der Waals surface area contributed by atoms with E-state index in [9.17, 15) is 9.59 Å². The summed E-state index contributed by atoms with van der Waals surface area (Å²) in [4.78, 5) is 33.0. The maximum atomic E-state index is 13.6. The molecule has 0 spiro atoms. The number of rotatable bonds is 3. The Hall–Kier alpha value is -3.46. The Bertz CT molecular complexity index is 1470. The van der Waals surface area contributed by atoms with E-state index in [2.05, 4.69) is 22.6 Å². The van der Waals surface area contributed by atoms with E-state index >= 15 is 0 Å². The number of amides is 1. The Kier molecular flexibility index (Phi) is 5.05. The van der Waals surface area contributed by atoms with Crippen molar-refractivity contribution in [3.05, 3.63) is 92.0 Å². The molecule has 1 amide bonds. The number of hydrogen-bond acceptors (Lipinski definition) is 4. The first-order valence-corrected chi connectivity index (χ1v) is 11.0. The third-order valence-corrected chi connectivity index (χ3v) is 6.22. The van der Waals surface area contributed by atoms with Crippen LogP contribution in [0.4, 0.5) is 5.69 Å². The van der Waals surface area contributed by atoms with E-state index in [4.69, 9.17) is 9.72 Å². The number of likely N-dealkylation sites (N-methyl/N-ethyl adjacent to an activating group) is 1. The third kappa shape index (κ3) is 3.29. The number of nitrogens with zero attached hydrogens (tertiary/aromatic N) is 3. The van der Waals surface area contributed by atoms with Gasteiger partial charge in [-0.05, 0) is 77.2 Å². The molecule has 1 aliphatic heterocycles. The van der Waals surface area contributed by atoms with Gasteiger partial charge in [0.05, 0.1) is 35.0 Å². The minimum atomic E-state index is -0.197. The molecule has 1 aliphatic rings. The van der Waals surface area contributed by atoms with Gasteiger partial charge in [-0.25, -0.2) is 4.98 Å². The summed E-state index contributed by atoms with van der Waals surface area (Å²) < 4.78 is 7.75. The van der Waals surface area contributed by atoms with Crippen molar-refractivity contribution in [2.24, 2.45) is 0 Å². The highest BCUT2D eigenvalue weighted by molar-refractivity contribution is 14.1. The highest BCUT2D eigenvalue weighted by Crippen LogP contribution is 2.36. The van der Waals surface area contributed by atoms with E-state index in [1.807, 2.05) is 42.5 Å². The van der Waals surface area contributed by atoms with Crippen molar-refractivity contribution in [1.29, 1.82) is 0 Å². The first-order valence-electron chi connectivity index (χ1n) is 9.94. The molecule has 2 heterocycles. The molecule has 0 aliphatic carbocycles. The van der Waals surface area contributed by atoms with Gasteiger partial charge >= 0.3 is 0 Å². The van der Waals surface area contributed by atoms with E-state index in [0.29, 0.717) is 33.7 Å². The molecular formula is C25H18IN3O3. The van der Waals surface area contributed by atoms with Crippen molar-refractivity contribution in [3.63, 3.8) is 0 Å². The SMILES string of the molecule is COc1ccc(-n2c(/C=C3\C(=O)N(C)c4ccccc43)nc3ccc(I)cc3c2=O)cc1. The monoisotopic (exact) mass is 535 g/mol. The summed E-state index contributed by atoms with van der Waals surface area (Å²) in [5.74, 6) is 0.943. The van der Waals surface area contributed by atoms with Crippen LogP contribution in [0.25, 0.3) is 28.2 Å². The Morgan fingerprint density at radius 1 is 1.00 bits per heavy atom. The topological polar surface area (TPSA) is 64.4 Å². The van der Waals surface area contributed by atoms with Crippen LogP contribution < -0.4 is 15.2 Å². The van der Waals surface area contributed by atoms with E-state index in [1.54, 1.807) is 54.0 Å². The van der Waals surface area contributed by atoms with Crippen LogP contribution in [0.2, 0.25) is 0 Å². The summed E-state index contributed by atoms with van der Waals surface area (Å²) >= 11 is 2.18. The van der Waals surface area contributed by atoms with E-state index in [0.717, 1.165) is 14.8 Å². The van der Waals surface area contributed by atoms with Gasteiger partial charge < -0.3 is 9.64 Å². The summed E-state index contributed by atoms with van der Waals surface area (Å²) in [5, 5.41) is 0.519. The number of carbonyl (C=O) groups excluding carboxylic acids is 1. The molecule has 5 rings (SSSR count). The minimum Gasteiger partial charge on any atom is -0.497 e. The lowest BCUT2D eigenvalue weighted by Gasteiger charge is -2.13. The minimum absolute atomic E-state index is 0.135.